The Hall–Kier alpha value is -2.16. The van der Waals surface area contributed by atoms with Gasteiger partial charge in [0.05, 0.1) is 19.3 Å². The quantitative estimate of drug-likeness (QED) is 0.717. The van der Waals surface area contributed by atoms with Crippen molar-refractivity contribution in [1.82, 2.24) is 4.90 Å². The lowest BCUT2D eigenvalue weighted by Crippen LogP contribution is -2.39. The van der Waals surface area contributed by atoms with E-state index in [2.05, 4.69) is 77.7 Å². The van der Waals surface area contributed by atoms with Crippen LogP contribution in [0.1, 0.15) is 17.2 Å². The molecule has 1 aliphatic rings. The largest absolute Gasteiger partial charge is 0.379 e. The van der Waals surface area contributed by atoms with Crippen LogP contribution in [0.5, 0.6) is 0 Å². The zero-order chi connectivity index (χ0) is 15.5. The van der Waals surface area contributed by atoms with Crippen molar-refractivity contribution in [3.05, 3.63) is 83.9 Å². The molecule has 0 bridgehead atoms. The summed E-state index contributed by atoms with van der Waals surface area (Å²) in [6.45, 7) is 3.58. The van der Waals surface area contributed by atoms with E-state index in [1.165, 1.54) is 21.9 Å². The summed E-state index contributed by atoms with van der Waals surface area (Å²) in [5.74, 6) is 0. The number of morpholine rings is 1. The minimum Gasteiger partial charge on any atom is -0.379 e. The summed E-state index contributed by atoms with van der Waals surface area (Å²) in [6, 6.07) is 26.4. The molecule has 4 rings (SSSR count). The zero-order valence-corrected chi connectivity index (χ0v) is 13.2. The highest BCUT2D eigenvalue weighted by atomic mass is 16.5. The summed E-state index contributed by atoms with van der Waals surface area (Å²) in [7, 11) is 0. The standard InChI is InChI=1S/C21H21NO/c1-2-8-18(9-3-1)21(22-13-15-23-16-14-22)20-12-6-10-17-7-4-5-11-19(17)20/h1-12,21H,13-16H2. The fourth-order valence-corrected chi connectivity index (χ4v) is 3.55. The van der Waals surface area contributed by atoms with Crippen LogP contribution < -0.4 is 0 Å². The van der Waals surface area contributed by atoms with E-state index in [4.69, 9.17) is 4.74 Å². The van der Waals surface area contributed by atoms with E-state index in [-0.39, 0.29) is 6.04 Å². The summed E-state index contributed by atoms with van der Waals surface area (Å²) >= 11 is 0. The molecule has 0 saturated carbocycles. The molecule has 1 aliphatic heterocycles. The molecule has 1 fully saturated rings. The fraction of sp³-hybridized carbons (Fsp3) is 0.238. The van der Waals surface area contributed by atoms with Gasteiger partial charge in [-0.3, -0.25) is 4.90 Å². The molecule has 0 N–H and O–H groups in total. The van der Waals surface area contributed by atoms with Gasteiger partial charge in [-0.25, -0.2) is 0 Å². The first-order chi connectivity index (χ1) is 11.4. The Labute approximate surface area is 137 Å². The van der Waals surface area contributed by atoms with Crippen LogP contribution in [0.3, 0.4) is 0 Å². The van der Waals surface area contributed by atoms with Crippen LogP contribution in [-0.2, 0) is 4.74 Å². The van der Waals surface area contributed by atoms with Gasteiger partial charge in [0.25, 0.3) is 0 Å². The van der Waals surface area contributed by atoms with Crippen molar-refractivity contribution in [1.29, 1.82) is 0 Å². The molecule has 23 heavy (non-hydrogen) atoms. The average Bonchev–Trinajstić information content (AvgIpc) is 2.64. The Morgan fingerprint density at radius 1 is 0.739 bits per heavy atom. The Balaban J connectivity index is 1.86. The van der Waals surface area contributed by atoms with Crippen LogP contribution in [0.15, 0.2) is 72.8 Å². The monoisotopic (exact) mass is 303 g/mol. The van der Waals surface area contributed by atoms with Gasteiger partial charge >= 0.3 is 0 Å². The minimum absolute atomic E-state index is 0.284. The Kier molecular flexibility index (Phi) is 4.10. The van der Waals surface area contributed by atoms with Crippen LogP contribution in [0.4, 0.5) is 0 Å². The van der Waals surface area contributed by atoms with Gasteiger partial charge in [-0.15, -0.1) is 0 Å². The Bertz CT molecular complexity index is 773. The van der Waals surface area contributed by atoms with Crippen molar-refractivity contribution >= 4 is 10.8 Å². The van der Waals surface area contributed by atoms with Gasteiger partial charge in [0, 0.05) is 13.1 Å². The number of hydrogen-bond acceptors (Lipinski definition) is 2. The molecular weight excluding hydrogens is 282 g/mol. The molecule has 0 aliphatic carbocycles. The second-order valence-electron chi connectivity index (χ2n) is 6.03. The Morgan fingerprint density at radius 3 is 2.26 bits per heavy atom. The predicted octanol–water partition coefficient (Wildman–Crippen LogP) is 4.26. The number of nitrogens with zero attached hydrogens (tertiary/aromatic N) is 1. The molecule has 3 aromatic carbocycles. The summed E-state index contributed by atoms with van der Waals surface area (Å²) in [4.78, 5) is 2.54. The highest BCUT2D eigenvalue weighted by Gasteiger charge is 2.25. The van der Waals surface area contributed by atoms with E-state index in [1.54, 1.807) is 0 Å². The maximum atomic E-state index is 5.57. The van der Waals surface area contributed by atoms with Gasteiger partial charge in [-0.2, -0.15) is 0 Å². The topological polar surface area (TPSA) is 12.5 Å². The van der Waals surface area contributed by atoms with Gasteiger partial charge in [0.2, 0.25) is 0 Å². The van der Waals surface area contributed by atoms with E-state index < -0.39 is 0 Å². The van der Waals surface area contributed by atoms with Gasteiger partial charge in [0.1, 0.15) is 0 Å². The van der Waals surface area contributed by atoms with Crippen LogP contribution in [0.2, 0.25) is 0 Å². The first-order valence-corrected chi connectivity index (χ1v) is 8.28. The molecule has 0 radical (unpaired) electrons. The Morgan fingerprint density at radius 2 is 1.43 bits per heavy atom. The predicted molar refractivity (Wildman–Crippen MR) is 94.6 cm³/mol. The normalized spacial score (nSPS) is 17.2. The van der Waals surface area contributed by atoms with E-state index in [1.807, 2.05) is 0 Å². The van der Waals surface area contributed by atoms with E-state index >= 15 is 0 Å². The molecule has 116 valence electrons. The van der Waals surface area contributed by atoms with Crippen LogP contribution in [0.25, 0.3) is 10.8 Å². The van der Waals surface area contributed by atoms with Crippen LogP contribution >= 0.6 is 0 Å². The van der Waals surface area contributed by atoms with Crippen molar-refractivity contribution in [3.8, 4) is 0 Å². The lowest BCUT2D eigenvalue weighted by atomic mass is 9.92. The third-order valence-electron chi connectivity index (χ3n) is 4.64. The van der Waals surface area contributed by atoms with Crippen molar-refractivity contribution < 1.29 is 4.74 Å². The third-order valence-corrected chi connectivity index (χ3v) is 4.64. The summed E-state index contributed by atoms with van der Waals surface area (Å²) in [6.07, 6.45) is 0. The third kappa shape index (κ3) is 2.88. The maximum Gasteiger partial charge on any atom is 0.0609 e. The van der Waals surface area contributed by atoms with E-state index in [9.17, 15) is 0 Å². The molecule has 2 heteroatoms. The van der Waals surface area contributed by atoms with E-state index in [0.717, 1.165) is 26.3 Å². The molecule has 1 atom stereocenters. The van der Waals surface area contributed by atoms with E-state index in [0.29, 0.717) is 0 Å². The lowest BCUT2D eigenvalue weighted by Gasteiger charge is -2.35. The number of fused-ring (bicyclic) bond motifs is 1. The van der Waals surface area contributed by atoms with Crippen LogP contribution in [-0.4, -0.2) is 31.2 Å². The molecular formula is C21H21NO. The lowest BCUT2D eigenvalue weighted by molar-refractivity contribution is 0.0242. The SMILES string of the molecule is c1ccc(C(c2cccc3ccccc23)N2CCOCC2)cc1. The molecule has 1 saturated heterocycles. The summed E-state index contributed by atoms with van der Waals surface area (Å²) in [5, 5.41) is 2.65. The van der Waals surface area contributed by atoms with Crippen molar-refractivity contribution in [2.75, 3.05) is 26.3 Å². The van der Waals surface area contributed by atoms with Gasteiger partial charge in [-0.05, 0) is 21.9 Å². The molecule has 2 nitrogen and oxygen atoms in total. The van der Waals surface area contributed by atoms with Gasteiger partial charge < -0.3 is 4.74 Å². The highest BCUT2D eigenvalue weighted by Crippen LogP contribution is 2.33. The van der Waals surface area contributed by atoms with Gasteiger partial charge in [0.15, 0.2) is 0 Å². The number of hydrogen-bond donors (Lipinski definition) is 0. The molecule has 1 unspecified atom stereocenters. The number of benzene rings is 3. The summed E-state index contributed by atoms with van der Waals surface area (Å²) < 4.78 is 5.57. The maximum absolute atomic E-state index is 5.57. The van der Waals surface area contributed by atoms with Gasteiger partial charge in [-0.1, -0.05) is 72.8 Å². The fourth-order valence-electron chi connectivity index (χ4n) is 3.55. The molecule has 1 heterocycles. The minimum atomic E-state index is 0.284. The van der Waals surface area contributed by atoms with Crippen molar-refractivity contribution in [3.63, 3.8) is 0 Å². The first-order valence-electron chi connectivity index (χ1n) is 8.28. The first kappa shape index (κ1) is 14.4. The average molecular weight is 303 g/mol. The summed E-state index contributed by atoms with van der Waals surface area (Å²) in [5.41, 5.74) is 2.74. The number of ether oxygens (including phenoxy) is 1. The highest BCUT2D eigenvalue weighted by molar-refractivity contribution is 5.86. The van der Waals surface area contributed by atoms with Crippen molar-refractivity contribution in [2.24, 2.45) is 0 Å². The van der Waals surface area contributed by atoms with Crippen molar-refractivity contribution in [2.45, 2.75) is 6.04 Å². The molecule has 0 aromatic heterocycles. The number of rotatable bonds is 3. The van der Waals surface area contributed by atoms with Crippen LogP contribution in [0, 0.1) is 0 Å². The molecule has 0 spiro atoms. The zero-order valence-electron chi connectivity index (χ0n) is 13.2. The smallest absolute Gasteiger partial charge is 0.0609 e. The second-order valence-corrected chi connectivity index (χ2v) is 6.03. The molecule has 0 amide bonds. The second kappa shape index (κ2) is 6.53. The molecule has 3 aromatic rings.